The van der Waals surface area contributed by atoms with E-state index in [1.165, 1.54) is 22.3 Å². The van der Waals surface area contributed by atoms with E-state index in [9.17, 15) is 0 Å². The second kappa shape index (κ2) is 12.6. The first-order valence-corrected chi connectivity index (χ1v) is 14.1. The Hall–Kier alpha value is -4.42. The van der Waals surface area contributed by atoms with Crippen LogP contribution in [0.2, 0.25) is 0 Å². The summed E-state index contributed by atoms with van der Waals surface area (Å²) in [4.78, 5) is 5.30. The molecule has 196 valence electrons. The van der Waals surface area contributed by atoms with Crippen molar-refractivity contribution >= 4 is 0 Å². The monoisotopic (exact) mass is 518 g/mol. The third kappa shape index (κ3) is 5.92. The summed E-state index contributed by atoms with van der Waals surface area (Å²) in [5.41, 5.74) is 6.26. The molecule has 0 aromatic heterocycles. The highest BCUT2D eigenvalue weighted by molar-refractivity contribution is 5.39. The van der Waals surface area contributed by atoms with Crippen LogP contribution in [0.1, 0.15) is 45.9 Å². The molecule has 1 aliphatic heterocycles. The Morgan fingerprint density at radius 1 is 0.550 bits per heavy atom. The van der Waals surface area contributed by atoms with Crippen molar-refractivity contribution in [3.63, 3.8) is 0 Å². The molecule has 40 heavy (non-hydrogen) atoms. The van der Waals surface area contributed by atoms with Gasteiger partial charge in [-0.25, -0.2) is 0 Å². The number of hydrogen-bond donors (Lipinski definition) is 0. The quantitative estimate of drug-likeness (QED) is 0.210. The van der Waals surface area contributed by atoms with Gasteiger partial charge in [0.15, 0.2) is 0 Å². The van der Waals surface area contributed by atoms with Gasteiger partial charge in [0.05, 0.1) is 18.1 Å². The first-order valence-electron chi connectivity index (χ1n) is 14.1. The van der Waals surface area contributed by atoms with Crippen LogP contribution < -0.4 is 0 Å². The summed E-state index contributed by atoms with van der Waals surface area (Å²) in [7, 11) is 0. The fourth-order valence-corrected chi connectivity index (χ4v) is 5.92. The lowest BCUT2D eigenvalue weighted by Gasteiger charge is -2.50. The number of rotatable bonds is 6. The topological polar surface area (TPSA) is 6.48 Å². The number of nitrogens with zero attached hydrogens (tertiary/aromatic N) is 2. The van der Waals surface area contributed by atoms with Crippen LogP contribution in [0.3, 0.4) is 0 Å². The van der Waals surface area contributed by atoms with Crippen molar-refractivity contribution in [1.29, 1.82) is 0 Å². The maximum Gasteiger partial charge on any atom is 0.0980 e. The lowest BCUT2D eigenvalue weighted by molar-refractivity contribution is -0.00256. The summed E-state index contributed by atoms with van der Waals surface area (Å²) in [6, 6.07) is 54.3. The molecule has 2 heteroatoms. The molecule has 1 heterocycles. The van der Waals surface area contributed by atoms with E-state index in [-0.39, 0.29) is 18.1 Å². The van der Waals surface area contributed by atoms with Gasteiger partial charge < -0.3 is 0 Å². The van der Waals surface area contributed by atoms with Crippen LogP contribution in [0.5, 0.6) is 0 Å². The summed E-state index contributed by atoms with van der Waals surface area (Å²) in [6.45, 7) is 2.77. The molecule has 0 spiro atoms. The van der Waals surface area contributed by atoms with Crippen molar-refractivity contribution in [2.75, 3.05) is 13.1 Å². The van der Waals surface area contributed by atoms with Gasteiger partial charge in [0.25, 0.3) is 0 Å². The van der Waals surface area contributed by atoms with Crippen molar-refractivity contribution in [1.82, 2.24) is 9.80 Å². The van der Waals surface area contributed by atoms with Gasteiger partial charge in [-0.05, 0) is 34.4 Å². The molecule has 1 aliphatic rings. The zero-order valence-corrected chi connectivity index (χ0v) is 22.7. The standard InChI is InChI=1S/C38H34N2/c1-6-16-31(17-7-1)26-27-36(33-20-10-3-11-21-33)40-29-28-39(30-32-18-8-2-9-19-32)37(34-22-12-4-13-23-34)38(40)35-24-14-5-15-25-35/h1-25,36-38H,28-30H2/t36-,37-,38-/m1/s1. The molecule has 0 bridgehead atoms. The van der Waals surface area contributed by atoms with Crippen LogP contribution in [-0.4, -0.2) is 22.9 Å². The van der Waals surface area contributed by atoms with E-state index >= 15 is 0 Å². The zero-order chi connectivity index (χ0) is 27.0. The van der Waals surface area contributed by atoms with Gasteiger partial charge in [0.1, 0.15) is 0 Å². The van der Waals surface area contributed by atoms with Crippen molar-refractivity contribution in [3.05, 3.63) is 179 Å². The van der Waals surface area contributed by atoms with Crippen LogP contribution in [0.15, 0.2) is 152 Å². The van der Waals surface area contributed by atoms with Gasteiger partial charge in [0, 0.05) is 25.2 Å². The zero-order valence-electron chi connectivity index (χ0n) is 22.7. The maximum absolute atomic E-state index is 3.72. The highest BCUT2D eigenvalue weighted by Gasteiger charge is 2.41. The Labute approximate surface area is 238 Å². The second-order valence-corrected chi connectivity index (χ2v) is 10.4. The van der Waals surface area contributed by atoms with Crippen molar-refractivity contribution < 1.29 is 0 Å². The molecule has 0 radical (unpaired) electrons. The molecule has 5 aromatic rings. The van der Waals surface area contributed by atoms with Gasteiger partial charge in [-0.3, -0.25) is 9.80 Å². The van der Waals surface area contributed by atoms with Gasteiger partial charge in [-0.15, -0.1) is 0 Å². The Morgan fingerprint density at radius 3 is 1.65 bits per heavy atom. The fourth-order valence-electron chi connectivity index (χ4n) is 5.92. The van der Waals surface area contributed by atoms with E-state index in [0.717, 1.165) is 25.2 Å². The Morgan fingerprint density at radius 2 is 1.05 bits per heavy atom. The average molecular weight is 519 g/mol. The van der Waals surface area contributed by atoms with Crippen molar-refractivity contribution in [2.24, 2.45) is 0 Å². The van der Waals surface area contributed by atoms with E-state index in [1.807, 2.05) is 6.07 Å². The molecule has 0 saturated carbocycles. The lowest BCUT2D eigenvalue weighted by atomic mass is 9.86. The third-order valence-electron chi connectivity index (χ3n) is 7.78. The predicted molar refractivity (Wildman–Crippen MR) is 164 cm³/mol. The molecule has 0 N–H and O–H groups in total. The molecule has 1 fully saturated rings. The molecule has 0 amide bonds. The minimum Gasteiger partial charge on any atom is -0.289 e. The molecule has 5 aromatic carbocycles. The van der Waals surface area contributed by atoms with E-state index in [0.29, 0.717) is 0 Å². The van der Waals surface area contributed by atoms with E-state index in [2.05, 4.69) is 167 Å². The molecule has 2 nitrogen and oxygen atoms in total. The highest BCUT2D eigenvalue weighted by Crippen LogP contribution is 2.45. The van der Waals surface area contributed by atoms with Crippen molar-refractivity contribution in [3.8, 4) is 11.8 Å². The van der Waals surface area contributed by atoms with E-state index < -0.39 is 0 Å². The summed E-state index contributed by atoms with van der Waals surface area (Å²) >= 11 is 0. The first-order chi connectivity index (χ1) is 19.9. The SMILES string of the molecule is C(#C[C@H](c1ccccc1)N1CCN(Cc2ccccc2)[C@H](c2ccccc2)[C@H]1c1ccccc1)c1ccccc1. The second-order valence-electron chi connectivity index (χ2n) is 10.4. The molecule has 6 rings (SSSR count). The summed E-state index contributed by atoms with van der Waals surface area (Å²) < 4.78 is 0. The van der Waals surface area contributed by atoms with Gasteiger partial charge >= 0.3 is 0 Å². The Kier molecular flexibility index (Phi) is 8.15. The van der Waals surface area contributed by atoms with Crippen LogP contribution in [0.4, 0.5) is 0 Å². The third-order valence-corrected chi connectivity index (χ3v) is 7.78. The summed E-state index contributed by atoms with van der Waals surface area (Å²) in [6.07, 6.45) is 0. The molecule has 0 aliphatic carbocycles. The molecule has 1 saturated heterocycles. The molecule has 0 unspecified atom stereocenters. The Balaban J connectivity index is 1.48. The van der Waals surface area contributed by atoms with E-state index in [4.69, 9.17) is 0 Å². The lowest BCUT2D eigenvalue weighted by Crippen LogP contribution is -2.50. The van der Waals surface area contributed by atoms with Gasteiger partial charge in [-0.2, -0.15) is 0 Å². The first kappa shape index (κ1) is 25.8. The number of hydrogen-bond acceptors (Lipinski definition) is 2. The predicted octanol–water partition coefficient (Wildman–Crippen LogP) is 8.08. The minimum absolute atomic E-state index is 0.0447. The number of benzene rings is 5. The molecular weight excluding hydrogens is 484 g/mol. The van der Waals surface area contributed by atoms with Crippen molar-refractivity contribution in [2.45, 2.75) is 24.7 Å². The maximum atomic E-state index is 3.72. The minimum atomic E-state index is -0.0447. The average Bonchev–Trinajstić information content (AvgIpc) is 3.04. The molecule has 3 atom stereocenters. The van der Waals surface area contributed by atoms with Crippen LogP contribution in [0, 0.1) is 11.8 Å². The highest BCUT2D eigenvalue weighted by atomic mass is 15.3. The van der Waals surface area contributed by atoms with Gasteiger partial charge in [0.2, 0.25) is 0 Å². The summed E-state index contributed by atoms with van der Waals surface area (Å²) in [5.74, 6) is 7.23. The number of piperazine rings is 1. The Bertz CT molecular complexity index is 1520. The van der Waals surface area contributed by atoms with Crippen LogP contribution in [-0.2, 0) is 6.54 Å². The molecular formula is C38H34N2. The fraction of sp³-hybridized carbons (Fsp3) is 0.158. The normalized spacial score (nSPS) is 18.4. The summed E-state index contributed by atoms with van der Waals surface area (Å²) in [5, 5.41) is 0. The van der Waals surface area contributed by atoms with E-state index in [1.54, 1.807) is 0 Å². The van der Waals surface area contributed by atoms with Gasteiger partial charge in [-0.1, -0.05) is 151 Å². The van der Waals surface area contributed by atoms with Crippen LogP contribution in [0.25, 0.3) is 0 Å². The largest absolute Gasteiger partial charge is 0.289 e. The van der Waals surface area contributed by atoms with Crippen LogP contribution >= 0.6 is 0 Å². The smallest absolute Gasteiger partial charge is 0.0980 e.